The van der Waals surface area contributed by atoms with E-state index in [2.05, 4.69) is 10.2 Å². The molecule has 7 nitrogen and oxygen atoms in total. The second-order valence-corrected chi connectivity index (χ2v) is 3.70. The van der Waals surface area contributed by atoms with Crippen LogP contribution in [0.3, 0.4) is 0 Å². The van der Waals surface area contributed by atoms with E-state index in [9.17, 15) is 14.4 Å². The fourth-order valence-corrected chi connectivity index (χ4v) is 1.49. The Kier molecular flexibility index (Phi) is 5.01. The largest absolute Gasteiger partial charge is 0.478 e. The SMILES string of the molecule is CCC(NC(=O)c1ccccc1C(=O)O)C(=O)OO. The molecule has 0 aliphatic rings. The van der Waals surface area contributed by atoms with Crippen molar-refractivity contribution < 1.29 is 29.6 Å². The van der Waals surface area contributed by atoms with Gasteiger partial charge in [0.2, 0.25) is 0 Å². The summed E-state index contributed by atoms with van der Waals surface area (Å²) in [6, 6.07) is 4.56. The van der Waals surface area contributed by atoms with Gasteiger partial charge >= 0.3 is 11.9 Å². The average molecular weight is 267 g/mol. The van der Waals surface area contributed by atoms with Crippen LogP contribution >= 0.6 is 0 Å². The molecule has 1 aromatic carbocycles. The summed E-state index contributed by atoms with van der Waals surface area (Å²) in [5.41, 5.74) is -0.244. The third-order valence-electron chi connectivity index (χ3n) is 2.49. The maximum absolute atomic E-state index is 11.9. The van der Waals surface area contributed by atoms with Gasteiger partial charge in [-0.05, 0) is 18.6 Å². The number of benzene rings is 1. The van der Waals surface area contributed by atoms with Crippen molar-refractivity contribution in [2.45, 2.75) is 19.4 Å². The second kappa shape index (κ2) is 6.50. The second-order valence-electron chi connectivity index (χ2n) is 3.70. The lowest BCUT2D eigenvalue weighted by atomic mass is 10.1. The first-order valence-corrected chi connectivity index (χ1v) is 5.49. The van der Waals surface area contributed by atoms with Gasteiger partial charge in [-0.3, -0.25) is 9.68 Å². The molecule has 0 fully saturated rings. The van der Waals surface area contributed by atoms with Crippen molar-refractivity contribution in [1.29, 1.82) is 0 Å². The Morgan fingerprint density at radius 1 is 1.26 bits per heavy atom. The van der Waals surface area contributed by atoms with Gasteiger partial charge in [-0.15, -0.1) is 0 Å². The molecule has 0 saturated carbocycles. The molecule has 0 bridgehead atoms. The fraction of sp³-hybridized carbons (Fsp3) is 0.250. The number of carbonyl (C=O) groups excluding carboxylic acids is 2. The zero-order chi connectivity index (χ0) is 14.4. The van der Waals surface area contributed by atoms with Crippen LogP contribution in [0, 0.1) is 0 Å². The van der Waals surface area contributed by atoms with Crippen molar-refractivity contribution in [3.63, 3.8) is 0 Å². The van der Waals surface area contributed by atoms with E-state index in [1.165, 1.54) is 24.3 Å². The van der Waals surface area contributed by atoms with Crippen LogP contribution in [0.1, 0.15) is 34.1 Å². The Morgan fingerprint density at radius 2 is 1.84 bits per heavy atom. The Hall–Kier alpha value is -2.41. The Morgan fingerprint density at radius 3 is 2.32 bits per heavy atom. The van der Waals surface area contributed by atoms with Gasteiger partial charge in [-0.2, -0.15) is 5.26 Å². The minimum atomic E-state index is -1.25. The normalized spacial score (nSPS) is 11.5. The molecule has 19 heavy (non-hydrogen) atoms. The number of nitrogens with one attached hydrogen (secondary N) is 1. The first kappa shape index (κ1) is 14.7. The van der Waals surface area contributed by atoms with Crippen LogP contribution in [-0.4, -0.2) is 34.3 Å². The van der Waals surface area contributed by atoms with Crippen LogP contribution in [-0.2, 0) is 9.68 Å². The number of carboxylic acid groups (broad SMARTS) is 1. The van der Waals surface area contributed by atoms with Gasteiger partial charge in [0, 0.05) is 0 Å². The van der Waals surface area contributed by atoms with Crippen LogP contribution in [0.4, 0.5) is 0 Å². The molecule has 7 heteroatoms. The van der Waals surface area contributed by atoms with E-state index in [0.29, 0.717) is 0 Å². The summed E-state index contributed by atoms with van der Waals surface area (Å²) in [7, 11) is 0. The van der Waals surface area contributed by atoms with E-state index in [1.807, 2.05) is 0 Å². The van der Waals surface area contributed by atoms with E-state index in [4.69, 9.17) is 10.4 Å². The molecule has 102 valence electrons. The number of carboxylic acids is 1. The summed E-state index contributed by atoms with van der Waals surface area (Å²) in [5, 5.41) is 19.5. The van der Waals surface area contributed by atoms with E-state index >= 15 is 0 Å². The predicted octanol–water partition coefficient (Wildman–Crippen LogP) is 0.909. The van der Waals surface area contributed by atoms with Gasteiger partial charge in [0.15, 0.2) is 0 Å². The van der Waals surface area contributed by atoms with Crippen molar-refractivity contribution in [3.05, 3.63) is 35.4 Å². The third-order valence-corrected chi connectivity index (χ3v) is 2.49. The van der Waals surface area contributed by atoms with Crippen LogP contribution < -0.4 is 5.32 Å². The van der Waals surface area contributed by atoms with Crippen molar-refractivity contribution >= 4 is 17.8 Å². The standard InChI is InChI=1S/C12H13NO6/c1-2-9(12(17)19-18)13-10(14)7-5-3-4-6-8(7)11(15)16/h3-6,9,18H,2H2,1H3,(H,13,14)(H,15,16). The highest BCUT2D eigenvalue weighted by atomic mass is 17.1. The Balaban J connectivity index is 2.95. The molecule has 1 atom stereocenters. The minimum absolute atomic E-state index is 0.0702. The van der Waals surface area contributed by atoms with Gasteiger partial charge in [-0.1, -0.05) is 19.1 Å². The van der Waals surface area contributed by atoms with Gasteiger partial charge in [-0.25, -0.2) is 9.59 Å². The molecular weight excluding hydrogens is 254 g/mol. The summed E-state index contributed by atoms with van der Waals surface area (Å²) < 4.78 is 0. The topological polar surface area (TPSA) is 113 Å². The monoisotopic (exact) mass is 267 g/mol. The fourth-order valence-electron chi connectivity index (χ4n) is 1.49. The van der Waals surface area contributed by atoms with E-state index in [1.54, 1.807) is 6.92 Å². The highest BCUT2D eigenvalue weighted by Crippen LogP contribution is 2.09. The summed E-state index contributed by atoms with van der Waals surface area (Å²) in [6.07, 6.45) is 0.195. The van der Waals surface area contributed by atoms with Gasteiger partial charge in [0.25, 0.3) is 5.91 Å². The number of amides is 1. The predicted molar refractivity (Wildman–Crippen MR) is 63.7 cm³/mol. The molecule has 1 unspecified atom stereocenters. The summed E-state index contributed by atoms with van der Waals surface area (Å²) in [5.74, 6) is -2.98. The van der Waals surface area contributed by atoms with Gasteiger partial charge < -0.3 is 10.4 Å². The first-order valence-electron chi connectivity index (χ1n) is 5.49. The third kappa shape index (κ3) is 3.52. The van der Waals surface area contributed by atoms with Gasteiger partial charge in [0.1, 0.15) is 6.04 Å². The highest BCUT2D eigenvalue weighted by Gasteiger charge is 2.23. The molecule has 0 spiro atoms. The number of hydrogen-bond acceptors (Lipinski definition) is 5. The lowest BCUT2D eigenvalue weighted by Gasteiger charge is -2.14. The summed E-state index contributed by atoms with van der Waals surface area (Å²) in [6.45, 7) is 1.60. The maximum atomic E-state index is 11.9. The van der Waals surface area contributed by atoms with Crippen molar-refractivity contribution in [2.75, 3.05) is 0 Å². The molecule has 0 heterocycles. The zero-order valence-corrected chi connectivity index (χ0v) is 10.1. The molecule has 1 amide bonds. The number of hydrogen-bond donors (Lipinski definition) is 3. The van der Waals surface area contributed by atoms with Crippen LogP contribution in [0.5, 0.6) is 0 Å². The molecule has 0 aromatic heterocycles. The summed E-state index contributed by atoms with van der Waals surface area (Å²) >= 11 is 0. The molecule has 0 radical (unpaired) electrons. The van der Waals surface area contributed by atoms with Crippen LogP contribution in [0.25, 0.3) is 0 Å². The van der Waals surface area contributed by atoms with E-state index < -0.39 is 23.9 Å². The average Bonchev–Trinajstić information content (AvgIpc) is 2.43. The number of carbonyl (C=O) groups is 3. The summed E-state index contributed by atoms with van der Waals surface area (Å²) in [4.78, 5) is 37.5. The smallest absolute Gasteiger partial charge is 0.364 e. The quantitative estimate of drug-likeness (QED) is 0.540. The van der Waals surface area contributed by atoms with Crippen molar-refractivity contribution in [2.24, 2.45) is 0 Å². The Labute approximate surface area is 108 Å². The van der Waals surface area contributed by atoms with E-state index in [0.717, 1.165) is 0 Å². The molecule has 0 aliphatic carbocycles. The lowest BCUT2D eigenvalue weighted by molar-refractivity contribution is -0.236. The van der Waals surface area contributed by atoms with Crippen molar-refractivity contribution in [3.8, 4) is 0 Å². The van der Waals surface area contributed by atoms with Crippen LogP contribution in [0.2, 0.25) is 0 Å². The molecule has 0 aliphatic heterocycles. The lowest BCUT2D eigenvalue weighted by Crippen LogP contribution is -2.41. The van der Waals surface area contributed by atoms with Crippen LogP contribution in [0.15, 0.2) is 24.3 Å². The molecule has 1 aromatic rings. The Bertz CT molecular complexity index is 499. The first-order chi connectivity index (χ1) is 9.01. The molecule has 3 N–H and O–H groups in total. The van der Waals surface area contributed by atoms with Gasteiger partial charge in [0.05, 0.1) is 11.1 Å². The zero-order valence-electron chi connectivity index (χ0n) is 10.1. The van der Waals surface area contributed by atoms with Crippen molar-refractivity contribution in [1.82, 2.24) is 5.32 Å². The number of rotatable bonds is 5. The highest BCUT2D eigenvalue weighted by molar-refractivity contribution is 6.05. The maximum Gasteiger partial charge on any atom is 0.364 e. The van der Waals surface area contributed by atoms with E-state index in [-0.39, 0.29) is 17.5 Å². The minimum Gasteiger partial charge on any atom is -0.478 e. The molecular formula is C12H13NO6. The molecule has 1 rings (SSSR count). The molecule has 0 saturated heterocycles. The number of aromatic carboxylic acids is 1.